The summed E-state index contributed by atoms with van der Waals surface area (Å²) in [7, 11) is 1.63. The van der Waals surface area contributed by atoms with Gasteiger partial charge in [0.1, 0.15) is 35.9 Å². The predicted molar refractivity (Wildman–Crippen MR) is 125 cm³/mol. The molecule has 1 fully saturated rings. The SMILES string of the molecule is COc1ccc(-c2c(-c3ccccc3)oc3ncnc(O[C@@H]4CC[C@H](OCC(=O)O)C4)c23)cc1. The predicted octanol–water partition coefficient (Wildman–Crippen LogP) is 4.97. The number of ether oxygens (including phenoxy) is 3. The fraction of sp³-hybridized carbons (Fsp3) is 0.269. The van der Waals surface area contributed by atoms with E-state index in [9.17, 15) is 4.79 Å². The molecule has 0 unspecified atom stereocenters. The summed E-state index contributed by atoms with van der Waals surface area (Å²) in [4.78, 5) is 19.6. The smallest absolute Gasteiger partial charge is 0.329 e. The van der Waals surface area contributed by atoms with E-state index < -0.39 is 5.97 Å². The molecule has 2 heterocycles. The highest BCUT2D eigenvalue weighted by molar-refractivity contribution is 6.03. The van der Waals surface area contributed by atoms with Gasteiger partial charge in [-0.05, 0) is 30.5 Å². The number of carboxylic acids is 1. The molecule has 1 aliphatic carbocycles. The maximum atomic E-state index is 10.8. The Morgan fingerprint density at radius 1 is 1.03 bits per heavy atom. The molecule has 0 radical (unpaired) electrons. The Balaban J connectivity index is 1.55. The molecular weight excluding hydrogens is 436 g/mol. The molecule has 1 saturated carbocycles. The van der Waals surface area contributed by atoms with Crippen LogP contribution in [0.5, 0.6) is 11.6 Å². The highest BCUT2D eigenvalue weighted by Crippen LogP contribution is 2.44. The van der Waals surface area contributed by atoms with E-state index in [-0.39, 0.29) is 18.8 Å². The average molecular weight is 460 g/mol. The molecule has 1 aliphatic rings. The van der Waals surface area contributed by atoms with Gasteiger partial charge >= 0.3 is 5.97 Å². The third kappa shape index (κ3) is 4.45. The maximum absolute atomic E-state index is 10.8. The van der Waals surface area contributed by atoms with E-state index >= 15 is 0 Å². The van der Waals surface area contributed by atoms with Crippen LogP contribution in [0.3, 0.4) is 0 Å². The van der Waals surface area contributed by atoms with Crippen molar-refractivity contribution in [3.8, 4) is 34.1 Å². The minimum atomic E-state index is -0.974. The zero-order valence-electron chi connectivity index (χ0n) is 18.6. The summed E-state index contributed by atoms with van der Waals surface area (Å²) in [6, 6.07) is 17.6. The van der Waals surface area contributed by atoms with Gasteiger partial charge in [0.2, 0.25) is 11.6 Å². The molecule has 2 atom stereocenters. The molecule has 2 aromatic carbocycles. The van der Waals surface area contributed by atoms with Crippen molar-refractivity contribution >= 4 is 17.1 Å². The van der Waals surface area contributed by atoms with Crippen LogP contribution in [0.2, 0.25) is 0 Å². The second-order valence-corrected chi connectivity index (χ2v) is 8.14. The van der Waals surface area contributed by atoms with E-state index in [1.807, 2.05) is 54.6 Å². The van der Waals surface area contributed by atoms with Crippen LogP contribution in [0.4, 0.5) is 0 Å². The minimum Gasteiger partial charge on any atom is -0.497 e. The zero-order valence-corrected chi connectivity index (χ0v) is 18.6. The van der Waals surface area contributed by atoms with Gasteiger partial charge in [-0.2, -0.15) is 0 Å². The summed E-state index contributed by atoms with van der Waals surface area (Å²) >= 11 is 0. The number of furan rings is 1. The first-order chi connectivity index (χ1) is 16.6. The summed E-state index contributed by atoms with van der Waals surface area (Å²) in [6.07, 6.45) is 3.22. The summed E-state index contributed by atoms with van der Waals surface area (Å²) in [5.74, 6) is 0.896. The fourth-order valence-electron chi connectivity index (χ4n) is 4.33. The van der Waals surface area contributed by atoms with E-state index in [0.717, 1.165) is 35.3 Å². The highest BCUT2D eigenvalue weighted by atomic mass is 16.5. The van der Waals surface area contributed by atoms with Crippen molar-refractivity contribution in [2.75, 3.05) is 13.7 Å². The number of benzene rings is 2. The van der Waals surface area contributed by atoms with Crippen LogP contribution in [0.25, 0.3) is 33.6 Å². The fourth-order valence-corrected chi connectivity index (χ4v) is 4.33. The molecule has 0 aliphatic heterocycles. The lowest BCUT2D eigenvalue weighted by atomic mass is 9.99. The molecule has 0 spiro atoms. The van der Waals surface area contributed by atoms with Crippen LogP contribution >= 0.6 is 0 Å². The van der Waals surface area contributed by atoms with Crippen molar-refractivity contribution in [3.63, 3.8) is 0 Å². The van der Waals surface area contributed by atoms with Gasteiger partial charge in [-0.3, -0.25) is 0 Å². The first-order valence-electron chi connectivity index (χ1n) is 11.1. The molecule has 5 rings (SSSR count). The van der Waals surface area contributed by atoms with Gasteiger partial charge in [0.05, 0.1) is 13.2 Å². The van der Waals surface area contributed by atoms with E-state index in [2.05, 4.69) is 9.97 Å². The first kappa shape index (κ1) is 21.9. The van der Waals surface area contributed by atoms with Gasteiger partial charge in [0.25, 0.3) is 0 Å². The maximum Gasteiger partial charge on any atom is 0.329 e. The Bertz CT molecular complexity index is 1290. The average Bonchev–Trinajstić information content (AvgIpc) is 3.48. The molecule has 1 N–H and O–H groups in total. The topological polar surface area (TPSA) is 104 Å². The van der Waals surface area contributed by atoms with Crippen molar-refractivity contribution in [1.82, 2.24) is 9.97 Å². The third-order valence-corrected chi connectivity index (χ3v) is 5.93. The Morgan fingerprint density at radius 2 is 1.79 bits per heavy atom. The van der Waals surface area contributed by atoms with Crippen molar-refractivity contribution in [2.24, 2.45) is 0 Å². The van der Waals surface area contributed by atoms with Crippen molar-refractivity contribution in [3.05, 3.63) is 60.9 Å². The van der Waals surface area contributed by atoms with E-state index in [1.165, 1.54) is 6.33 Å². The quantitative estimate of drug-likeness (QED) is 0.393. The van der Waals surface area contributed by atoms with Gasteiger partial charge in [0.15, 0.2) is 0 Å². The van der Waals surface area contributed by atoms with Crippen LogP contribution in [0, 0.1) is 0 Å². The molecule has 2 aromatic heterocycles. The number of aromatic nitrogens is 2. The standard InChI is InChI=1S/C26H24N2O6/c1-31-18-9-7-16(8-10-18)22-23-25(33-20-12-11-19(13-20)32-14-21(29)30)27-15-28-26(23)34-24(22)17-5-3-2-4-6-17/h2-10,15,19-20H,11-14H2,1H3,(H,29,30)/t19-,20+/m0/s1. The van der Waals surface area contributed by atoms with Crippen LogP contribution in [0.15, 0.2) is 65.3 Å². The number of methoxy groups -OCH3 is 1. The van der Waals surface area contributed by atoms with Gasteiger partial charge < -0.3 is 23.7 Å². The Morgan fingerprint density at radius 3 is 2.53 bits per heavy atom. The van der Waals surface area contributed by atoms with Crippen LogP contribution in [0.1, 0.15) is 19.3 Å². The number of hydrogen-bond acceptors (Lipinski definition) is 7. The summed E-state index contributed by atoms with van der Waals surface area (Å²) < 4.78 is 23.3. The Hall–Kier alpha value is -3.91. The van der Waals surface area contributed by atoms with Crippen LogP contribution < -0.4 is 9.47 Å². The molecule has 0 amide bonds. The number of aliphatic carboxylic acids is 1. The van der Waals surface area contributed by atoms with Crippen molar-refractivity contribution in [1.29, 1.82) is 0 Å². The molecule has 8 nitrogen and oxygen atoms in total. The summed E-state index contributed by atoms with van der Waals surface area (Å²) in [6.45, 7) is -0.307. The lowest BCUT2D eigenvalue weighted by Crippen LogP contribution is -2.18. The van der Waals surface area contributed by atoms with Gasteiger partial charge in [0, 0.05) is 17.5 Å². The number of hydrogen-bond donors (Lipinski definition) is 1. The number of carbonyl (C=O) groups is 1. The van der Waals surface area contributed by atoms with Crippen molar-refractivity contribution in [2.45, 2.75) is 31.5 Å². The lowest BCUT2D eigenvalue weighted by molar-refractivity contribution is -0.144. The number of nitrogens with zero attached hydrogens (tertiary/aromatic N) is 2. The Labute approximate surface area is 196 Å². The molecule has 4 aromatic rings. The van der Waals surface area contributed by atoms with E-state index in [0.29, 0.717) is 29.2 Å². The Kier molecular flexibility index (Phi) is 6.14. The largest absolute Gasteiger partial charge is 0.497 e. The van der Waals surface area contributed by atoms with Gasteiger partial charge in [-0.15, -0.1) is 0 Å². The number of carboxylic acid groups (broad SMARTS) is 1. The third-order valence-electron chi connectivity index (χ3n) is 5.93. The van der Waals surface area contributed by atoms with Crippen molar-refractivity contribution < 1.29 is 28.5 Å². The number of fused-ring (bicyclic) bond motifs is 1. The highest BCUT2D eigenvalue weighted by Gasteiger charge is 2.30. The van der Waals surface area contributed by atoms with Gasteiger partial charge in [-0.1, -0.05) is 42.5 Å². The molecule has 34 heavy (non-hydrogen) atoms. The first-order valence-corrected chi connectivity index (χ1v) is 11.1. The van der Waals surface area contributed by atoms with Crippen LogP contribution in [-0.2, 0) is 9.53 Å². The molecule has 8 heteroatoms. The molecule has 0 saturated heterocycles. The van der Waals surface area contributed by atoms with E-state index in [1.54, 1.807) is 7.11 Å². The number of rotatable bonds is 8. The van der Waals surface area contributed by atoms with Crippen LogP contribution in [-0.4, -0.2) is 47.0 Å². The summed E-state index contributed by atoms with van der Waals surface area (Å²) in [5.41, 5.74) is 3.12. The minimum absolute atomic E-state index is 0.143. The second-order valence-electron chi connectivity index (χ2n) is 8.14. The second kappa shape index (κ2) is 9.52. The van der Waals surface area contributed by atoms with Gasteiger partial charge in [-0.25, -0.2) is 14.8 Å². The lowest BCUT2D eigenvalue weighted by Gasteiger charge is -2.14. The zero-order chi connectivity index (χ0) is 23.5. The summed E-state index contributed by atoms with van der Waals surface area (Å²) in [5, 5.41) is 9.57. The monoisotopic (exact) mass is 460 g/mol. The molecule has 0 bridgehead atoms. The normalized spacial score (nSPS) is 17.7. The van der Waals surface area contributed by atoms with E-state index in [4.69, 9.17) is 23.7 Å². The molecular formula is C26H24N2O6. The molecule has 174 valence electrons.